The highest BCUT2D eigenvalue weighted by Crippen LogP contribution is 2.30. The Bertz CT molecular complexity index is 782. The molecule has 3 nitrogen and oxygen atoms in total. The molecular weight excluding hydrogens is 356 g/mol. The van der Waals surface area contributed by atoms with Crippen molar-refractivity contribution in [2.24, 2.45) is 0 Å². The molecule has 6 heteroatoms. The van der Waals surface area contributed by atoms with Crippen molar-refractivity contribution in [3.05, 3.63) is 58.4 Å². The average molecular weight is 375 g/mol. The summed E-state index contributed by atoms with van der Waals surface area (Å²) >= 11 is 5.06. The van der Waals surface area contributed by atoms with Gasteiger partial charge in [0.2, 0.25) is 5.91 Å². The van der Waals surface area contributed by atoms with Crippen molar-refractivity contribution in [2.75, 3.05) is 5.75 Å². The van der Waals surface area contributed by atoms with E-state index in [4.69, 9.17) is 0 Å². The number of benzene rings is 1. The molecule has 0 saturated carbocycles. The van der Waals surface area contributed by atoms with Gasteiger partial charge in [-0.2, -0.15) is 0 Å². The van der Waals surface area contributed by atoms with Gasteiger partial charge in [0.1, 0.15) is 5.01 Å². The van der Waals surface area contributed by atoms with Gasteiger partial charge in [-0.05, 0) is 30.5 Å². The highest BCUT2D eigenvalue weighted by atomic mass is 32.2. The number of thioether (sulfide) groups is 1. The Hall–Kier alpha value is -1.63. The summed E-state index contributed by atoms with van der Waals surface area (Å²) in [7, 11) is 0. The van der Waals surface area contributed by atoms with Crippen molar-refractivity contribution in [3.63, 3.8) is 0 Å². The zero-order valence-corrected chi connectivity index (χ0v) is 15.8. The van der Waals surface area contributed by atoms with E-state index in [-0.39, 0.29) is 5.91 Å². The molecule has 3 aromatic rings. The van der Waals surface area contributed by atoms with E-state index in [2.05, 4.69) is 33.9 Å². The topological polar surface area (TPSA) is 42.0 Å². The molecule has 2 heterocycles. The lowest BCUT2D eigenvalue weighted by Gasteiger charge is -2.04. The van der Waals surface area contributed by atoms with Crippen LogP contribution in [0.15, 0.2) is 52.7 Å². The van der Waals surface area contributed by atoms with Crippen molar-refractivity contribution >= 4 is 40.3 Å². The standard InChI is InChI=1S/C18H18N2OS3/c1-13-16(24-18(20-13)15-8-5-10-23-15)12-19-17(21)9-11-22-14-6-3-2-4-7-14/h2-8,10H,9,11-12H2,1H3,(H,19,21). The van der Waals surface area contributed by atoms with E-state index in [1.807, 2.05) is 31.2 Å². The zero-order valence-electron chi connectivity index (χ0n) is 13.3. The zero-order chi connectivity index (χ0) is 16.8. The predicted molar refractivity (Wildman–Crippen MR) is 104 cm³/mol. The maximum atomic E-state index is 12.0. The highest BCUT2D eigenvalue weighted by molar-refractivity contribution is 7.99. The van der Waals surface area contributed by atoms with Crippen LogP contribution in [0.25, 0.3) is 9.88 Å². The number of thiazole rings is 1. The fourth-order valence-electron chi connectivity index (χ4n) is 2.14. The fraction of sp³-hybridized carbons (Fsp3) is 0.222. The molecule has 3 rings (SSSR count). The maximum absolute atomic E-state index is 12.0. The van der Waals surface area contributed by atoms with Crippen LogP contribution in [-0.4, -0.2) is 16.6 Å². The first kappa shape index (κ1) is 17.2. The Kier molecular flexibility index (Phi) is 6.07. The summed E-state index contributed by atoms with van der Waals surface area (Å²) in [5.74, 6) is 0.877. The van der Waals surface area contributed by atoms with Gasteiger partial charge in [-0.15, -0.1) is 34.4 Å². The van der Waals surface area contributed by atoms with Crippen LogP contribution in [0.2, 0.25) is 0 Å². The first-order valence-electron chi connectivity index (χ1n) is 7.67. The van der Waals surface area contributed by atoms with Gasteiger partial charge in [0.25, 0.3) is 0 Å². The molecule has 0 aliphatic heterocycles. The van der Waals surface area contributed by atoms with Gasteiger partial charge >= 0.3 is 0 Å². The number of aryl methyl sites for hydroxylation is 1. The van der Waals surface area contributed by atoms with E-state index in [9.17, 15) is 4.79 Å². The molecule has 0 spiro atoms. The van der Waals surface area contributed by atoms with Crippen molar-refractivity contribution in [3.8, 4) is 9.88 Å². The van der Waals surface area contributed by atoms with Gasteiger partial charge < -0.3 is 5.32 Å². The summed E-state index contributed by atoms with van der Waals surface area (Å²) < 4.78 is 0. The van der Waals surface area contributed by atoms with Crippen molar-refractivity contribution in [1.29, 1.82) is 0 Å². The lowest BCUT2D eigenvalue weighted by Crippen LogP contribution is -2.22. The minimum absolute atomic E-state index is 0.0869. The van der Waals surface area contributed by atoms with Crippen molar-refractivity contribution in [1.82, 2.24) is 10.3 Å². The molecule has 0 atom stereocenters. The van der Waals surface area contributed by atoms with Crippen LogP contribution in [0.3, 0.4) is 0 Å². The normalized spacial score (nSPS) is 10.7. The van der Waals surface area contributed by atoms with E-state index in [1.54, 1.807) is 34.4 Å². The number of thiophene rings is 1. The van der Waals surface area contributed by atoms with E-state index in [0.29, 0.717) is 13.0 Å². The van der Waals surface area contributed by atoms with Crippen molar-refractivity contribution in [2.45, 2.75) is 24.8 Å². The number of hydrogen-bond donors (Lipinski definition) is 1. The minimum Gasteiger partial charge on any atom is -0.351 e. The summed E-state index contributed by atoms with van der Waals surface area (Å²) in [4.78, 5) is 20.1. The Morgan fingerprint density at radius 3 is 2.79 bits per heavy atom. The lowest BCUT2D eigenvalue weighted by atomic mass is 10.3. The van der Waals surface area contributed by atoms with Gasteiger partial charge in [0.15, 0.2) is 0 Å². The van der Waals surface area contributed by atoms with Crippen LogP contribution < -0.4 is 5.32 Å². The molecule has 0 aliphatic rings. The van der Waals surface area contributed by atoms with E-state index < -0.39 is 0 Å². The Balaban J connectivity index is 1.46. The average Bonchev–Trinajstić information content (AvgIpc) is 3.23. The Labute approximate surface area is 154 Å². The molecule has 0 aliphatic carbocycles. The number of nitrogens with one attached hydrogen (secondary N) is 1. The maximum Gasteiger partial charge on any atom is 0.221 e. The second-order valence-electron chi connectivity index (χ2n) is 5.19. The molecule has 0 bridgehead atoms. The SMILES string of the molecule is Cc1nc(-c2cccs2)sc1CNC(=O)CCSc1ccccc1. The number of amides is 1. The van der Waals surface area contributed by atoms with Gasteiger partial charge in [0.05, 0.1) is 17.1 Å². The number of aromatic nitrogens is 1. The third-order valence-electron chi connectivity index (χ3n) is 3.41. The van der Waals surface area contributed by atoms with Crippen LogP contribution in [0.4, 0.5) is 0 Å². The quantitative estimate of drug-likeness (QED) is 0.593. The molecule has 0 saturated heterocycles. The molecule has 24 heavy (non-hydrogen) atoms. The molecule has 1 amide bonds. The van der Waals surface area contributed by atoms with Crippen LogP contribution in [0, 0.1) is 6.92 Å². The van der Waals surface area contributed by atoms with E-state index in [0.717, 1.165) is 21.3 Å². The molecule has 0 radical (unpaired) electrons. The smallest absolute Gasteiger partial charge is 0.221 e. The van der Waals surface area contributed by atoms with Crippen molar-refractivity contribution < 1.29 is 4.79 Å². The van der Waals surface area contributed by atoms with Gasteiger partial charge in [0, 0.05) is 21.9 Å². The molecule has 124 valence electrons. The number of hydrogen-bond acceptors (Lipinski definition) is 5. The second kappa shape index (κ2) is 8.46. The summed E-state index contributed by atoms with van der Waals surface area (Å²) in [6.45, 7) is 2.56. The first-order valence-corrected chi connectivity index (χ1v) is 10.4. The number of nitrogens with zero attached hydrogens (tertiary/aromatic N) is 1. The number of rotatable bonds is 7. The molecule has 2 aromatic heterocycles. The number of carbonyl (C=O) groups is 1. The van der Waals surface area contributed by atoms with Gasteiger partial charge in [-0.3, -0.25) is 4.79 Å². The monoisotopic (exact) mass is 374 g/mol. The summed E-state index contributed by atoms with van der Waals surface area (Å²) in [6.07, 6.45) is 0.523. The molecule has 1 N–H and O–H groups in total. The molecule has 1 aromatic carbocycles. The summed E-state index contributed by atoms with van der Waals surface area (Å²) in [5, 5.41) is 6.09. The largest absolute Gasteiger partial charge is 0.351 e. The van der Waals surface area contributed by atoms with E-state index in [1.165, 1.54) is 9.77 Å². The van der Waals surface area contributed by atoms with Crippen LogP contribution in [0.1, 0.15) is 17.0 Å². The van der Waals surface area contributed by atoms with Gasteiger partial charge in [-0.25, -0.2) is 4.98 Å². The third-order valence-corrected chi connectivity index (χ3v) is 6.62. The highest BCUT2D eigenvalue weighted by Gasteiger charge is 2.11. The Morgan fingerprint density at radius 1 is 1.21 bits per heavy atom. The summed E-state index contributed by atoms with van der Waals surface area (Å²) in [6, 6.07) is 14.3. The molecular formula is C18H18N2OS3. The number of carbonyl (C=O) groups excluding carboxylic acids is 1. The van der Waals surface area contributed by atoms with E-state index >= 15 is 0 Å². The van der Waals surface area contributed by atoms with Gasteiger partial charge in [-0.1, -0.05) is 24.3 Å². The lowest BCUT2D eigenvalue weighted by molar-refractivity contribution is -0.120. The van der Waals surface area contributed by atoms with Crippen LogP contribution in [0.5, 0.6) is 0 Å². The van der Waals surface area contributed by atoms with Crippen LogP contribution >= 0.6 is 34.4 Å². The minimum atomic E-state index is 0.0869. The molecule has 0 unspecified atom stereocenters. The second-order valence-corrected chi connectivity index (χ2v) is 8.39. The first-order chi connectivity index (χ1) is 11.7. The Morgan fingerprint density at radius 2 is 2.04 bits per heavy atom. The molecule has 0 fully saturated rings. The fourth-order valence-corrected chi connectivity index (χ4v) is 4.81. The third kappa shape index (κ3) is 4.69. The predicted octanol–water partition coefficient (Wildman–Crippen LogP) is 4.98. The summed E-state index contributed by atoms with van der Waals surface area (Å²) in [5.41, 5.74) is 1.00. The van der Waals surface area contributed by atoms with Crippen LogP contribution in [-0.2, 0) is 11.3 Å².